The molecule has 0 radical (unpaired) electrons. The number of hydrogen-bond donors (Lipinski definition) is 0. The molecule has 3 saturated heterocycles. The van der Waals surface area contributed by atoms with Gasteiger partial charge in [0.2, 0.25) is 6.41 Å². The number of morpholine rings is 1. The molecular formula is C25H32F3N3O3. The minimum Gasteiger partial charge on any atom is -0.490 e. The fourth-order valence-corrected chi connectivity index (χ4v) is 6.27. The predicted molar refractivity (Wildman–Crippen MR) is 122 cm³/mol. The Bertz CT molecular complexity index is 1020. The molecular weight excluding hydrogens is 447 g/mol. The van der Waals surface area contributed by atoms with E-state index in [-0.39, 0.29) is 12.7 Å². The number of carbonyl (C=O) groups excluding carboxylic acids is 1. The maximum Gasteiger partial charge on any atom is 0.406 e. The van der Waals surface area contributed by atoms with Gasteiger partial charge in [-0.1, -0.05) is 0 Å². The van der Waals surface area contributed by atoms with Crippen molar-refractivity contribution in [3.05, 3.63) is 30.0 Å². The zero-order valence-electron chi connectivity index (χ0n) is 19.6. The van der Waals surface area contributed by atoms with Gasteiger partial charge >= 0.3 is 6.18 Å². The zero-order chi connectivity index (χ0) is 24.0. The average molecular weight is 480 g/mol. The Labute approximate surface area is 197 Å². The van der Waals surface area contributed by atoms with Gasteiger partial charge in [0.25, 0.3) is 0 Å². The zero-order valence-corrected chi connectivity index (χ0v) is 19.6. The van der Waals surface area contributed by atoms with Crippen molar-refractivity contribution in [2.24, 2.45) is 0 Å². The van der Waals surface area contributed by atoms with E-state index in [4.69, 9.17) is 9.47 Å². The van der Waals surface area contributed by atoms with Crippen molar-refractivity contribution >= 4 is 17.3 Å². The van der Waals surface area contributed by atoms with Crippen LogP contribution in [-0.2, 0) is 16.1 Å². The standard InChI is InChI=1S/C25H32F3N3O3/c1-16(2)31-18-3-4-19(31)12-21(11-18)34-20-5-6-22-17(9-20)10-23(30(22)14-25(26,27)28)24-13-33-8-7-29(24)15-32/h5-6,9-10,15-16,18-19,21,24H,3-4,7-8,11-14H2,1-2H3. The van der Waals surface area contributed by atoms with E-state index in [9.17, 15) is 18.0 Å². The first-order valence-electron chi connectivity index (χ1n) is 12.2. The molecule has 5 rings (SSSR count). The topological polar surface area (TPSA) is 46.9 Å². The molecule has 0 spiro atoms. The number of carbonyl (C=O) groups is 1. The van der Waals surface area contributed by atoms with Gasteiger partial charge in [-0.3, -0.25) is 9.69 Å². The molecule has 6 nitrogen and oxygen atoms in total. The third-order valence-corrected chi connectivity index (χ3v) is 7.53. The second kappa shape index (κ2) is 9.07. The number of nitrogens with zero attached hydrogens (tertiary/aromatic N) is 3. The molecule has 4 heterocycles. The van der Waals surface area contributed by atoms with Crippen LogP contribution in [-0.4, -0.2) is 70.9 Å². The highest BCUT2D eigenvalue weighted by Crippen LogP contribution is 2.39. The van der Waals surface area contributed by atoms with E-state index in [1.54, 1.807) is 18.2 Å². The molecule has 1 amide bonds. The highest BCUT2D eigenvalue weighted by atomic mass is 19.4. The van der Waals surface area contributed by atoms with Crippen LogP contribution in [0.3, 0.4) is 0 Å². The monoisotopic (exact) mass is 479 g/mol. The van der Waals surface area contributed by atoms with Crippen LogP contribution in [0.25, 0.3) is 10.9 Å². The van der Waals surface area contributed by atoms with E-state index < -0.39 is 18.8 Å². The maximum atomic E-state index is 13.5. The van der Waals surface area contributed by atoms with Crippen LogP contribution in [0.4, 0.5) is 13.2 Å². The van der Waals surface area contributed by atoms with Crippen LogP contribution in [0.15, 0.2) is 24.3 Å². The summed E-state index contributed by atoms with van der Waals surface area (Å²) >= 11 is 0. The van der Waals surface area contributed by atoms with E-state index in [0.717, 1.165) is 12.8 Å². The van der Waals surface area contributed by atoms with Crippen molar-refractivity contribution in [1.29, 1.82) is 0 Å². The lowest BCUT2D eigenvalue weighted by atomic mass is 9.98. The number of hydrogen-bond acceptors (Lipinski definition) is 4. The van der Waals surface area contributed by atoms with Gasteiger partial charge in [0, 0.05) is 41.3 Å². The second-order valence-corrected chi connectivity index (χ2v) is 10.1. The number of halogens is 3. The van der Waals surface area contributed by atoms with Crippen molar-refractivity contribution in [3.63, 3.8) is 0 Å². The first-order chi connectivity index (χ1) is 16.2. The van der Waals surface area contributed by atoms with Gasteiger partial charge in [-0.25, -0.2) is 0 Å². The third-order valence-electron chi connectivity index (χ3n) is 7.53. The van der Waals surface area contributed by atoms with Crippen LogP contribution >= 0.6 is 0 Å². The van der Waals surface area contributed by atoms with Crippen molar-refractivity contribution in [2.75, 3.05) is 19.8 Å². The largest absolute Gasteiger partial charge is 0.490 e. The molecule has 3 unspecified atom stereocenters. The normalized spacial score (nSPS) is 28.1. The Balaban J connectivity index is 1.42. The molecule has 3 aliphatic rings. The Kier molecular flexibility index (Phi) is 6.27. The maximum absolute atomic E-state index is 13.5. The summed E-state index contributed by atoms with van der Waals surface area (Å²) in [6.07, 6.45) is 0.751. The molecule has 0 N–H and O–H groups in total. The van der Waals surface area contributed by atoms with Crippen LogP contribution in [0.5, 0.6) is 5.75 Å². The van der Waals surface area contributed by atoms with E-state index in [2.05, 4.69) is 18.7 Å². The molecule has 9 heteroatoms. The lowest BCUT2D eigenvalue weighted by molar-refractivity contribution is -0.141. The molecule has 1 aromatic carbocycles. The highest BCUT2D eigenvalue weighted by Gasteiger charge is 2.42. The minimum absolute atomic E-state index is 0.110. The lowest BCUT2D eigenvalue weighted by Crippen LogP contribution is -2.49. The number of alkyl halides is 3. The minimum atomic E-state index is -4.39. The number of ether oxygens (including phenoxy) is 2. The average Bonchev–Trinajstić information content (AvgIpc) is 3.27. The molecule has 3 fully saturated rings. The van der Waals surface area contributed by atoms with E-state index in [1.807, 2.05) is 6.07 Å². The third kappa shape index (κ3) is 4.52. The summed E-state index contributed by atoms with van der Waals surface area (Å²) in [6.45, 7) is 4.27. The molecule has 3 aliphatic heterocycles. The fraction of sp³-hybridized carbons (Fsp3) is 0.640. The van der Waals surface area contributed by atoms with Gasteiger partial charge in [-0.2, -0.15) is 13.2 Å². The summed E-state index contributed by atoms with van der Waals surface area (Å²) in [4.78, 5) is 15.7. The molecule has 2 bridgehead atoms. The predicted octanol–water partition coefficient (Wildman–Crippen LogP) is 4.52. The second-order valence-electron chi connectivity index (χ2n) is 10.1. The Hall–Kier alpha value is -2.26. The Morgan fingerprint density at radius 2 is 1.91 bits per heavy atom. The van der Waals surface area contributed by atoms with Gasteiger partial charge in [0.05, 0.1) is 19.3 Å². The summed E-state index contributed by atoms with van der Waals surface area (Å²) < 4.78 is 53.5. The first kappa shape index (κ1) is 23.5. The number of amides is 1. The van der Waals surface area contributed by atoms with Crippen LogP contribution < -0.4 is 4.74 Å². The van der Waals surface area contributed by atoms with Crippen molar-refractivity contribution in [3.8, 4) is 5.75 Å². The fourth-order valence-electron chi connectivity index (χ4n) is 6.27. The molecule has 1 aromatic heterocycles. The number of benzene rings is 1. The van der Waals surface area contributed by atoms with Gasteiger partial charge in [0.1, 0.15) is 18.4 Å². The van der Waals surface area contributed by atoms with E-state index in [1.165, 1.54) is 22.3 Å². The summed E-state index contributed by atoms with van der Waals surface area (Å²) in [7, 11) is 0. The number of piperidine rings is 1. The molecule has 2 aromatic rings. The van der Waals surface area contributed by atoms with Gasteiger partial charge < -0.3 is 18.9 Å². The summed E-state index contributed by atoms with van der Waals surface area (Å²) in [6, 6.07) is 8.08. The van der Waals surface area contributed by atoms with Crippen molar-refractivity contribution in [1.82, 2.24) is 14.4 Å². The Morgan fingerprint density at radius 3 is 2.56 bits per heavy atom. The lowest BCUT2D eigenvalue weighted by Gasteiger charge is -2.41. The van der Waals surface area contributed by atoms with Gasteiger partial charge in [-0.15, -0.1) is 0 Å². The Morgan fingerprint density at radius 1 is 1.18 bits per heavy atom. The summed E-state index contributed by atoms with van der Waals surface area (Å²) in [5.41, 5.74) is 0.908. The van der Waals surface area contributed by atoms with Crippen molar-refractivity contribution in [2.45, 2.75) is 82.5 Å². The van der Waals surface area contributed by atoms with Crippen LogP contribution in [0.1, 0.15) is 51.3 Å². The molecule has 3 atom stereocenters. The number of rotatable bonds is 6. The SMILES string of the molecule is CC(C)N1C2CCC1CC(Oc1ccc3c(c1)cc(C1COCCN1C=O)n3CC(F)(F)F)C2. The number of aromatic nitrogens is 1. The van der Waals surface area contributed by atoms with E-state index in [0.29, 0.717) is 60.0 Å². The van der Waals surface area contributed by atoms with E-state index >= 15 is 0 Å². The smallest absolute Gasteiger partial charge is 0.406 e. The summed E-state index contributed by atoms with van der Waals surface area (Å²) in [5, 5.41) is 0.677. The summed E-state index contributed by atoms with van der Waals surface area (Å²) in [5.74, 6) is 0.678. The van der Waals surface area contributed by atoms with Gasteiger partial charge in [0.15, 0.2) is 0 Å². The quantitative estimate of drug-likeness (QED) is 0.572. The van der Waals surface area contributed by atoms with Gasteiger partial charge in [-0.05, 0) is 63.8 Å². The van der Waals surface area contributed by atoms with Crippen molar-refractivity contribution < 1.29 is 27.4 Å². The highest BCUT2D eigenvalue weighted by molar-refractivity contribution is 5.83. The van der Waals surface area contributed by atoms with Crippen LogP contribution in [0, 0.1) is 0 Å². The first-order valence-corrected chi connectivity index (χ1v) is 12.2. The molecule has 186 valence electrons. The number of fused-ring (bicyclic) bond motifs is 3. The molecule has 0 saturated carbocycles. The molecule has 34 heavy (non-hydrogen) atoms. The van der Waals surface area contributed by atoms with Crippen LogP contribution in [0.2, 0.25) is 0 Å². The molecule has 0 aliphatic carbocycles.